The predicted molar refractivity (Wildman–Crippen MR) is 123 cm³/mol. The van der Waals surface area contributed by atoms with Gasteiger partial charge >= 0.3 is 6.36 Å². The number of ether oxygens (including phenoxy) is 1. The van der Waals surface area contributed by atoms with Gasteiger partial charge in [-0.2, -0.15) is 0 Å². The van der Waals surface area contributed by atoms with Crippen LogP contribution in [0.3, 0.4) is 0 Å². The Labute approximate surface area is 195 Å². The molecule has 0 bridgehead atoms. The molecule has 0 aliphatic rings. The van der Waals surface area contributed by atoms with E-state index in [2.05, 4.69) is 21.6 Å². The van der Waals surface area contributed by atoms with E-state index in [0.29, 0.717) is 24.3 Å². The molecular weight excluding hydrogens is 453 g/mol. The van der Waals surface area contributed by atoms with Crippen molar-refractivity contribution in [3.63, 3.8) is 0 Å². The van der Waals surface area contributed by atoms with Gasteiger partial charge in [0.15, 0.2) is 0 Å². The third kappa shape index (κ3) is 6.64. The van der Waals surface area contributed by atoms with Gasteiger partial charge in [-0.05, 0) is 56.3 Å². The van der Waals surface area contributed by atoms with Crippen molar-refractivity contribution in [2.24, 2.45) is 0 Å². The van der Waals surface area contributed by atoms with Gasteiger partial charge in [0, 0.05) is 29.1 Å². The van der Waals surface area contributed by atoms with Crippen molar-refractivity contribution >= 4 is 11.6 Å². The van der Waals surface area contributed by atoms with Crippen molar-refractivity contribution < 1.29 is 17.9 Å². The van der Waals surface area contributed by atoms with Crippen LogP contribution in [0, 0.1) is 25.7 Å². The number of H-pyrrole nitrogens is 1. The highest BCUT2D eigenvalue weighted by molar-refractivity contribution is 6.31. The molecule has 4 nitrogen and oxygen atoms in total. The summed E-state index contributed by atoms with van der Waals surface area (Å²) < 4.78 is 40.6. The van der Waals surface area contributed by atoms with Gasteiger partial charge in [-0.25, -0.2) is 0 Å². The zero-order chi connectivity index (χ0) is 24.2. The number of aromatic amines is 1. The lowest BCUT2D eigenvalue weighted by Crippen LogP contribution is -2.18. The number of pyridine rings is 1. The summed E-state index contributed by atoms with van der Waals surface area (Å²) in [6.45, 7) is 4.58. The van der Waals surface area contributed by atoms with Gasteiger partial charge in [-0.1, -0.05) is 47.7 Å². The number of nitrogens with one attached hydrogen (secondary N) is 1. The van der Waals surface area contributed by atoms with E-state index in [9.17, 15) is 18.0 Å². The summed E-state index contributed by atoms with van der Waals surface area (Å²) in [5.41, 5.74) is 4.13. The van der Waals surface area contributed by atoms with Gasteiger partial charge in [-0.15, -0.1) is 13.2 Å². The van der Waals surface area contributed by atoms with E-state index < -0.39 is 6.36 Å². The molecule has 0 amide bonds. The number of aromatic nitrogens is 1. The molecule has 33 heavy (non-hydrogen) atoms. The Bertz CT molecular complexity index is 1240. The van der Waals surface area contributed by atoms with E-state index in [1.54, 1.807) is 19.1 Å². The molecule has 0 aliphatic heterocycles. The standard InChI is InChI=1S/C25H22ClF3N2O2/c1-16-22(24(32)23(26)17(2)30-16)20-10-6-18(7-11-20)5-4-14-31(3)15-19-8-12-21(13-9-19)33-25(27,28)29/h6-13H,14-15H2,1-3H3,(H,30,32). The molecule has 3 aromatic rings. The van der Waals surface area contributed by atoms with Gasteiger partial charge < -0.3 is 9.72 Å². The molecule has 1 N–H and O–H groups in total. The third-order valence-electron chi connectivity index (χ3n) is 4.87. The van der Waals surface area contributed by atoms with Crippen molar-refractivity contribution in [3.05, 3.63) is 86.3 Å². The zero-order valence-electron chi connectivity index (χ0n) is 18.3. The molecule has 1 heterocycles. The lowest BCUT2D eigenvalue weighted by atomic mass is 10.0. The largest absolute Gasteiger partial charge is 0.573 e. The topological polar surface area (TPSA) is 45.3 Å². The summed E-state index contributed by atoms with van der Waals surface area (Å²) in [6, 6.07) is 13.1. The first-order valence-corrected chi connectivity index (χ1v) is 10.4. The molecule has 0 radical (unpaired) electrons. The number of hydrogen-bond acceptors (Lipinski definition) is 3. The average Bonchev–Trinajstić information content (AvgIpc) is 2.74. The van der Waals surface area contributed by atoms with E-state index in [1.807, 2.05) is 43.1 Å². The van der Waals surface area contributed by atoms with Crippen LogP contribution in [0.1, 0.15) is 22.5 Å². The quantitative estimate of drug-likeness (QED) is 0.483. The van der Waals surface area contributed by atoms with E-state index in [0.717, 1.165) is 22.4 Å². The highest BCUT2D eigenvalue weighted by Gasteiger charge is 2.30. The molecule has 8 heteroatoms. The van der Waals surface area contributed by atoms with Crippen LogP contribution in [0.15, 0.2) is 53.3 Å². The molecule has 3 rings (SSSR count). The lowest BCUT2D eigenvalue weighted by molar-refractivity contribution is -0.274. The zero-order valence-corrected chi connectivity index (χ0v) is 19.1. The van der Waals surface area contributed by atoms with Crippen molar-refractivity contribution in [3.8, 4) is 28.7 Å². The maximum absolute atomic E-state index is 12.5. The monoisotopic (exact) mass is 474 g/mol. The minimum atomic E-state index is -4.70. The number of hydrogen-bond donors (Lipinski definition) is 1. The summed E-state index contributed by atoms with van der Waals surface area (Å²) in [4.78, 5) is 17.6. The van der Waals surface area contributed by atoms with Crippen LogP contribution in [0.25, 0.3) is 11.1 Å². The lowest BCUT2D eigenvalue weighted by Gasteiger charge is -2.14. The minimum absolute atomic E-state index is 0.185. The third-order valence-corrected chi connectivity index (χ3v) is 5.33. The first kappa shape index (κ1) is 24.4. The van der Waals surface area contributed by atoms with Crippen LogP contribution in [0.4, 0.5) is 13.2 Å². The molecular formula is C25H22ClF3N2O2. The fraction of sp³-hybridized carbons (Fsp3) is 0.240. The van der Waals surface area contributed by atoms with Crippen LogP contribution in [0.5, 0.6) is 5.75 Å². The van der Waals surface area contributed by atoms with Gasteiger partial charge in [0.05, 0.1) is 6.54 Å². The molecule has 2 aromatic carbocycles. The average molecular weight is 475 g/mol. The van der Waals surface area contributed by atoms with Crippen LogP contribution in [0.2, 0.25) is 5.02 Å². The normalized spacial score (nSPS) is 11.3. The van der Waals surface area contributed by atoms with Crippen LogP contribution in [-0.2, 0) is 6.54 Å². The summed E-state index contributed by atoms with van der Waals surface area (Å²) in [6.07, 6.45) is -4.70. The van der Waals surface area contributed by atoms with Gasteiger partial charge in [0.1, 0.15) is 10.8 Å². The molecule has 0 unspecified atom stereocenters. The Morgan fingerprint density at radius 3 is 2.27 bits per heavy atom. The smallest absolute Gasteiger partial charge is 0.406 e. The van der Waals surface area contributed by atoms with Crippen molar-refractivity contribution in [2.75, 3.05) is 13.6 Å². The first-order valence-electron chi connectivity index (χ1n) is 10.0. The molecule has 1 aromatic heterocycles. The van der Waals surface area contributed by atoms with E-state index in [4.69, 9.17) is 11.6 Å². The van der Waals surface area contributed by atoms with Crippen LogP contribution in [-0.4, -0.2) is 29.8 Å². The maximum Gasteiger partial charge on any atom is 0.573 e. The van der Waals surface area contributed by atoms with Crippen molar-refractivity contribution in [2.45, 2.75) is 26.8 Å². The Kier molecular flexibility index (Phi) is 7.52. The predicted octanol–water partition coefficient (Wildman–Crippen LogP) is 5.69. The molecule has 0 saturated heterocycles. The Balaban J connectivity index is 1.61. The number of rotatable bonds is 5. The summed E-state index contributed by atoms with van der Waals surface area (Å²) in [5, 5.41) is 0.185. The molecule has 0 saturated carbocycles. The fourth-order valence-electron chi connectivity index (χ4n) is 3.36. The Hall–Kier alpha value is -3.21. The number of halogens is 4. The molecule has 172 valence electrons. The second-order valence-electron chi connectivity index (χ2n) is 7.64. The molecule has 0 spiro atoms. The van der Waals surface area contributed by atoms with Gasteiger partial charge in [-0.3, -0.25) is 9.69 Å². The SMILES string of the molecule is Cc1[nH]c(C)c(-c2ccc(C#CCN(C)Cc3ccc(OC(F)(F)F)cc3)cc2)c(=O)c1Cl. The number of nitrogens with zero attached hydrogens (tertiary/aromatic N) is 1. The van der Waals surface area contributed by atoms with Crippen molar-refractivity contribution in [1.29, 1.82) is 0 Å². The number of alkyl halides is 3. The first-order chi connectivity index (χ1) is 15.5. The number of aryl methyl sites for hydroxylation is 2. The van der Waals surface area contributed by atoms with Gasteiger partial charge in [0.2, 0.25) is 5.43 Å². The molecule has 0 aliphatic carbocycles. The van der Waals surface area contributed by atoms with E-state index in [1.165, 1.54) is 12.1 Å². The summed E-state index contributed by atoms with van der Waals surface area (Å²) in [5.74, 6) is 5.90. The minimum Gasteiger partial charge on any atom is -0.406 e. The molecule has 0 fully saturated rings. The summed E-state index contributed by atoms with van der Waals surface area (Å²) >= 11 is 6.10. The van der Waals surface area contributed by atoms with Crippen LogP contribution < -0.4 is 10.2 Å². The fourth-order valence-corrected chi connectivity index (χ4v) is 3.50. The maximum atomic E-state index is 12.5. The summed E-state index contributed by atoms with van der Waals surface area (Å²) in [7, 11) is 1.87. The van der Waals surface area contributed by atoms with Gasteiger partial charge in [0.25, 0.3) is 0 Å². The van der Waals surface area contributed by atoms with Crippen LogP contribution >= 0.6 is 11.6 Å². The van der Waals surface area contributed by atoms with Crippen molar-refractivity contribution in [1.82, 2.24) is 9.88 Å². The van der Waals surface area contributed by atoms with E-state index >= 15 is 0 Å². The number of benzene rings is 2. The Morgan fingerprint density at radius 1 is 1.03 bits per heavy atom. The van der Waals surface area contributed by atoms with E-state index in [-0.39, 0.29) is 16.2 Å². The highest BCUT2D eigenvalue weighted by Crippen LogP contribution is 2.23. The Morgan fingerprint density at radius 2 is 1.67 bits per heavy atom. The second-order valence-corrected chi connectivity index (χ2v) is 8.01. The highest BCUT2D eigenvalue weighted by atomic mass is 35.5. The second kappa shape index (κ2) is 10.2. The molecule has 0 atom stereocenters.